The first-order valence-corrected chi connectivity index (χ1v) is 12.2. The molecule has 32 heavy (non-hydrogen) atoms. The molecular formula is C22H18BrCl2NO4S2. The van der Waals surface area contributed by atoms with E-state index >= 15 is 0 Å². The largest absolute Gasteiger partial charge is 0.488 e. The van der Waals surface area contributed by atoms with Crippen molar-refractivity contribution < 1.29 is 19.1 Å². The monoisotopic (exact) mass is 573 g/mol. The number of methoxy groups -OCH3 is 1. The average Bonchev–Trinajstić information content (AvgIpc) is 3.01. The lowest BCUT2D eigenvalue weighted by molar-refractivity contribution is -0.141. The van der Waals surface area contributed by atoms with E-state index in [1.807, 2.05) is 24.3 Å². The summed E-state index contributed by atoms with van der Waals surface area (Å²) in [6.07, 6.45) is 2.45. The van der Waals surface area contributed by atoms with Crippen LogP contribution in [0.2, 0.25) is 10.0 Å². The molecule has 0 aromatic heterocycles. The van der Waals surface area contributed by atoms with Gasteiger partial charge in [-0.25, -0.2) is 0 Å². The van der Waals surface area contributed by atoms with Crippen LogP contribution in [0.15, 0.2) is 45.8 Å². The Labute approximate surface area is 214 Å². The summed E-state index contributed by atoms with van der Waals surface area (Å²) < 4.78 is 11.9. The molecule has 1 aliphatic rings. The summed E-state index contributed by atoms with van der Waals surface area (Å²) in [5, 5.41) is 1.07. The van der Waals surface area contributed by atoms with Gasteiger partial charge in [0.2, 0.25) is 0 Å². The zero-order valence-corrected chi connectivity index (χ0v) is 21.6. The fraction of sp³-hybridized carbons (Fsp3) is 0.227. The summed E-state index contributed by atoms with van der Waals surface area (Å²) >= 11 is 22.2. The number of carbonyl (C=O) groups excluding carboxylic acids is 2. The third-order valence-electron chi connectivity index (χ3n) is 4.52. The van der Waals surface area contributed by atoms with Crippen molar-refractivity contribution in [2.75, 3.05) is 13.7 Å². The minimum Gasteiger partial charge on any atom is -0.488 e. The van der Waals surface area contributed by atoms with E-state index in [9.17, 15) is 9.59 Å². The van der Waals surface area contributed by atoms with Crippen LogP contribution in [0.25, 0.3) is 6.08 Å². The minimum atomic E-state index is -0.317. The number of halogens is 3. The van der Waals surface area contributed by atoms with E-state index in [2.05, 4.69) is 20.7 Å². The van der Waals surface area contributed by atoms with Crippen molar-refractivity contribution in [2.45, 2.75) is 19.4 Å². The molecule has 168 valence electrons. The molecule has 2 aromatic carbocycles. The molecule has 2 aromatic rings. The Bertz CT molecular complexity index is 1090. The van der Waals surface area contributed by atoms with Crippen LogP contribution >= 0.6 is 63.1 Å². The van der Waals surface area contributed by atoms with Crippen LogP contribution in [-0.4, -0.2) is 34.8 Å². The number of hydrogen-bond acceptors (Lipinski definition) is 6. The molecule has 0 aliphatic carbocycles. The summed E-state index contributed by atoms with van der Waals surface area (Å²) in [5.41, 5.74) is 1.52. The summed E-state index contributed by atoms with van der Waals surface area (Å²) in [7, 11) is 1.34. The molecule has 0 saturated carbocycles. The highest BCUT2D eigenvalue weighted by Crippen LogP contribution is 2.35. The van der Waals surface area contributed by atoms with E-state index in [1.54, 1.807) is 18.2 Å². The number of hydrogen-bond donors (Lipinski definition) is 0. The zero-order chi connectivity index (χ0) is 23.3. The number of carbonyl (C=O) groups is 2. The normalized spacial score (nSPS) is 14.9. The maximum Gasteiger partial charge on any atom is 0.305 e. The second-order valence-electron chi connectivity index (χ2n) is 6.72. The van der Waals surface area contributed by atoms with Gasteiger partial charge >= 0.3 is 5.97 Å². The van der Waals surface area contributed by atoms with Gasteiger partial charge in [0.05, 0.1) is 12.0 Å². The average molecular weight is 575 g/mol. The molecule has 0 spiro atoms. The number of thiocarbonyl (C=S) groups is 1. The second kappa shape index (κ2) is 11.5. The summed E-state index contributed by atoms with van der Waals surface area (Å²) in [6.45, 7) is 0.598. The lowest BCUT2D eigenvalue weighted by Gasteiger charge is -2.13. The fourth-order valence-corrected chi connectivity index (χ4v) is 5.02. The molecule has 3 rings (SSSR count). The smallest absolute Gasteiger partial charge is 0.305 e. The van der Waals surface area contributed by atoms with Crippen molar-refractivity contribution in [1.29, 1.82) is 0 Å². The first kappa shape index (κ1) is 25.1. The Kier molecular flexibility index (Phi) is 9.02. The number of amides is 1. The first-order chi connectivity index (χ1) is 15.3. The van der Waals surface area contributed by atoms with Crippen molar-refractivity contribution in [3.63, 3.8) is 0 Å². The predicted molar refractivity (Wildman–Crippen MR) is 136 cm³/mol. The minimum absolute atomic E-state index is 0.198. The van der Waals surface area contributed by atoms with Gasteiger partial charge in [-0.15, -0.1) is 0 Å². The molecule has 0 unspecified atom stereocenters. The van der Waals surface area contributed by atoms with Gasteiger partial charge in [0, 0.05) is 38.6 Å². The molecule has 5 nitrogen and oxygen atoms in total. The number of thioether (sulfide) groups is 1. The van der Waals surface area contributed by atoms with E-state index in [0.717, 1.165) is 15.6 Å². The van der Waals surface area contributed by atoms with Gasteiger partial charge in [-0.3, -0.25) is 14.5 Å². The standard InChI is InChI=1S/C22H18BrCl2NO4S2/c1-29-20(27)3-2-8-26-21(28)19(32-22(26)31)10-14-9-15(23)5-7-18(14)30-12-13-4-6-16(24)11-17(13)25/h4-7,9-11H,2-3,8,12H2,1H3/b19-10+. The highest BCUT2D eigenvalue weighted by atomic mass is 79.9. The van der Waals surface area contributed by atoms with Crippen molar-refractivity contribution in [2.24, 2.45) is 0 Å². The summed E-state index contributed by atoms with van der Waals surface area (Å²) in [6, 6.07) is 10.8. The van der Waals surface area contributed by atoms with E-state index in [4.69, 9.17) is 40.2 Å². The van der Waals surface area contributed by atoms with Gasteiger partial charge in [-0.1, -0.05) is 69.2 Å². The van der Waals surface area contributed by atoms with Crippen LogP contribution in [0.4, 0.5) is 0 Å². The topological polar surface area (TPSA) is 55.8 Å². The lowest BCUT2D eigenvalue weighted by Crippen LogP contribution is -2.29. The Morgan fingerprint density at radius 1 is 1.25 bits per heavy atom. The van der Waals surface area contributed by atoms with Crippen molar-refractivity contribution >= 4 is 85.4 Å². The first-order valence-electron chi connectivity index (χ1n) is 9.47. The Morgan fingerprint density at radius 2 is 2.03 bits per heavy atom. The second-order valence-corrected chi connectivity index (χ2v) is 10.2. The van der Waals surface area contributed by atoms with Crippen LogP contribution in [0.3, 0.4) is 0 Å². The molecule has 1 heterocycles. The summed E-state index contributed by atoms with van der Waals surface area (Å²) in [5.74, 6) is 0.0782. The third kappa shape index (κ3) is 6.48. The highest BCUT2D eigenvalue weighted by Gasteiger charge is 2.32. The molecule has 1 saturated heterocycles. The van der Waals surface area contributed by atoms with E-state index < -0.39 is 0 Å². The Balaban J connectivity index is 1.76. The maximum atomic E-state index is 12.9. The third-order valence-corrected chi connectivity index (χ3v) is 6.98. The van der Waals surface area contributed by atoms with Gasteiger partial charge in [0.1, 0.15) is 16.7 Å². The maximum absolute atomic E-state index is 12.9. The van der Waals surface area contributed by atoms with E-state index in [1.165, 1.54) is 23.8 Å². The van der Waals surface area contributed by atoms with E-state index in [0.29, 0.717) is 38.0 Å². The van der Waals surface area contributed by atoms with Crippen LogP contribution < -0.4 is 4.74 Å². The molecule has 0 bridgehead atoms. The van der Waals surface area contributed by atoms with Crippen molar-refractivity contribution in [3.8, 4) is 5.75 Å². The molecule has 10 heteroatoms. The van der Waals surface area contributed by atoms with Crippen molar-refractivity contribution in [1.82, 2.24) is 4.90 Å². The van der Waals surface area contributed by atoms with Crippen LogP contribution in [0, 0.1) is 0 Å². The van der Waals surface area contributed by atoms with Gasteiger partial charge in [0.25, 0.3) is 5.91 Å². The number of nitrogens with zero attached hydrogens (tertiary/aromatic N) is 1. The number of ether oxygens (including phenoxy) is 2. The molecule has 1 amide bonds. The number of esters is 1. The van der Waals surface area contributed by atoms with Crippen LogP contribution in [0.5, 0.6) is 5.75 Å². The van der Waals surface area contributed by atoms with Crippen LogP contribution in [-0.2, 0) is 20.9 Å². The molecule has 0 radical (unpaired) electrons. The van der Waals surface area contributed by atoms with Crippen molar-refractivity contribution in [3.05, 3.63) is 66.9 Å². The molecule has 0 atom stereocenters. The fourth-order valence-electron chi connectivity index (χ4n) is 2.88. The quantitative estimate of drug-likeness (QED) is 0.204. The Morgan fingerprint density at radius 3 is 2.75 bits per heavy atom. The summed E-state index contributed by atoms with van der Waals surface area (Å²) in [4.78, 5) is 26.2. The number of rotatable bonds is 8. The Hall–Kier alpha value is -1.58. The number of benzene rings is 2. The molecular weight excluding hydrogens is 557 g/mol. The molecule has 0 N–H and O–H groups in total. The van der Waals surface area contributed by atoms with Gasteiger partial charge < -0.3 is 9.47 Å². The van der Waals surface area contributed by atoms with Gasteiger partial charge in [0.15, 0.2) is 0 Å². The van der Waals surface area contributed by atoms with Gasteiger partial charge in [-0.05, 0) is 42.8 Å². The SMILES string of the molecule is COC(=O)CCCN1C(=O)/C(=C\c2cc(Br)ccc2OCc2ccc(Cl)cc2Cl)SC1=S. The highest BCUT2D eigenvalue weighted by molar-refractivity contribution is 9.10. The molecule has 1 fully saturated rings. The predicted octanol–water partition coefficient (Wildman–Crippen LogP) is 6.49. The van der Waals surface area contributed by atoms with Gasteiger partial charge in [-0.2, -0.15) is 0 Å². The molecule has 1 aliphatic heterocycles. The van der Waals surface area contributed by atoms with E-state index in [-0.39, 0.29) is 24.9 Å². The zero-order valence-electron chi connectivity index (χ0n) is 16.9. The lowest BCUT2D eigenvalue weighted by atomic mass is 10.1. The van der Waals surface area contributed by atoms with Crippen LogP contribution in [0.1, 0.15) is 24.0 Å².